The van der Waals surface area contributed by atoms with Gasteiger partial charge in [0.05, 0.1) is 6.10 Å². The third-order valence-corrected chi connectivity index (χ3v) is 3.35. The Kier molecular flexibility index (Phi) is 5.19. The van der Waals surface area contributed by atoms with E-state index in [0.717, 1.165) is 36.3 Å². The molecule has 0 saturated carbocycles. The Morgan fingerprint density at radius 3 is 1.95 bits per heavy atom. The summed E-state index contributed by atoms with van der Waals surface area (Å²) in [4.78, 5) is 0. The molecule has 0 heterocycles. The van der Waals surface area contributed by atoms with E-state index >= 15 is 0 Å². The van der Waals surface area contributed by atoms with Gasteiger partial charge in [0, 0.05) is 0 Å². The minimum Gasteiger partial charge on any atom is -0.457 e. The van der Waals surface area contributed by atoms with Crippen molar-refractivity contribution in [2.75, 3.05) is 0 Å². The fourth-order valence-corrected chi connectivity index (χ4v) is 2.14. The van der Waals surface area contributed by atoms with Crippen LogP contribution in [-0.4, -0.2) is 5.11 Å². The molecule has 2 aromatic rings. The van der Waals surface area contributed by atoms with Crippen LogP contribution in [0.3, 0.4) is 0 Å². The minimum absolute atomic E-state index is 0.391. The highest BCUT2D eigenvalue weighted by Gasteiger charge is 2.04. The molecule has 106 valence electrons. The number of hydrogen-bond acceptors (Lipinski definition) is 2. The van der Waals surface area contributed by atoms with Crippen molar-refractivity contribution in [3.8, 4) is 11.5 Å². The van der Waals surface area contributed by atoms with E-state index in [1.54, 1.807) is 0 Å². The van der Waals surface area contributed by atoms with E-state index in [1.165, 1.54) is 5.56 Å². The molecular weight excluding hydrogens is 248 g/mol. The van der Waals surface area contributed by atoms with Crippen molar-refractivity contribution >= 4 is 0 Å². The van der Waals surface area contributed by atoms with Crippen molar-refractivity contribution in [3.05, 3.63) is 59.7 Å². The highest BCUT2D eigenvalue weighted by molar-refractivity contribution is 5.35. The second-order valence-corrected chi connectivity index (χ2v) is 4.99. The fraction of sp³-hybridized carbons (Fsp3) is 0.333. The van der Waals surface area contributed by atoms with Crippen LogP contribution in [0.4, 0.5) is 0 Å². The maximum absolute atomic E-state index is 9.75. The Labute approximate surface area is 121 Å². The lowest BCUT2D eigenvalue weighted by Crippen LogP contribution is -1.94. The number of aliphatic hydroxyl groups excluding tert-OH is 1. The predicted octanol–water partition coefficient (Wildman–Crippen LogP) is 4.87. The average Bonchev–Trinajstić information content (AvgIpc) is 2.49. The summed E-state index contributed by atoms with van der Waals surface area (Å²) in [6, 6.07) is 15.8. The lowest BCUT2D eigenvalue weighted by molar-refractivity contribution is 0.173. The van der Waals surface area contributed by atoms with Gasteiger partial charge in [-0.25, -0.2) is 0 Å². The first-order chi connectivity index (χ1) is 9.72. The van der Waals surface area contributed by atoms with Crippen LogP contribution in [0.2, 0.25) is 0 Å². The molecule has 20 heavy (non-hydrogen) atoms. The van der Waals surface area contributed by atoms with Gasteiger partial charge in [0.1, 0.15) is 11.5 Å². The van der Waals surface area contributed by atoms with Crippen molar-refractivity contribution in [2.24, 2.45) is 0 Å². The molecule has 0 spiro atoms. The third-order valence-electron chi connectivity index (χ3n) is 3.35. The molecule has 2 aromatic carbocycles. The molecule has 0 aliphatic heterocycles. The van der Waals surface area contributed by atoms with Crippen LogP contribution < -0.4 is 4.74 Å². The summed E-state index contributed by atoms with van der Waals surface area (Å²) in [7, 11) is 0. The normalized spacial score (nSPS) is 12.2. The van der Waals surface area contributed by atoms with E-state index in [4.69, 9.17) is 4.74 Å². The van der Waals surface area contributed by atoms with Gasteiger partial charge in [-0.05, 0) is 48.2 Å². The van der Waals surface area contributed by atoms with E-state index in [2.05, 4.69) is 19.1 Å². The first kappa shape index (κ1) is 14.6. The molecule has 0 aliphatic rings. The van der Waals surface area contributed by atoms with E-state index in [9.17, 15) is 5.11 Å². The van der Waals surface area contributed by atoms with Crippen LogP contribution in [0.15, 0.2) is 48.5 Å². The zero-order valence-electron chi connectivity index (χ0n) is 12.2. The Bertz CT molecular complexity index is 514. The second-order valence-electron chi connectivity index (χ2n) is 4.99. The van der Waals surface area contributed by atoms with E-state index in [1.807, 2.05) is 43.3 Å². The molecule has 2 nitrogen and oxygen atoms in total. The van der Waals surface area contributed by atoms with Gasteiger partial charge in [-0.1, -0.05) is 44.5 Å². The molecule has 0 aromatic heterocycles. The predicted molar refractivity (Wildman–Crippen MR) is 82.2 cm³/mol. The highest BCUT2D eigenvalue weighted by atomic mass is 16.5. The summed E-state index contributed by atoms with van der Waals surface area (Å²) in [5.41, 5.74) is 2.26. The van der Waals surface area contributed by atoms with Gasteiger partial charge in [0.25, 0.3) is 0 Å². The highest BCUT2D eigenvalue weighted by Crippen LogP contribution is 2.24. The van der Waals surface area contributed by atoms with Crippen molar-refractivity contribution in [1.29, 1.82) is 0 Å². The molecule has 2 heteroatoms. The maximum Gasteiger partial charge on any atom is 0.127 e. The number of rotatable bonds is 6. The molecule has 0 unspecified atom stereocenters. The molecule has 0 amide bonds. The Morgan fingerprint density at radius 2 is 1.45 bits per heavy atom. The first-order valence-electron chi connectivity index (χ1n) is 7.27. The topological polar surface area (TPSA) is 29.5 Å². The molecule has 0 radical (unpaired) electrons. The van der Waals surface area contributed by atoms with Gasteiger partial charge >= 0.3 is 0 Å². The molecule has 1 N–H and O–H groups in total. The monoisotopic (exact) mass is 270 g/mol. The summed E-state index contributed by atoms with van der Waals surface area (Å²) in [5.74, 6) is 1.63. The van der Waals surface area contributed by atoms with Crippen molar-refractivity contribution in [3.63, 3.8) is 0 Å². The van der Waals surface area contributed by atoms with Crippen molar-refractivity contribution in [1.82, 2.24) is 0 Å². The molecule has 0 saturated heterocycles. The SMILES string of the molecule is CCCc1ccc(Oc2ccc([C@H](O)CC)cc2)cc1. The molecule has 2 rings (SSSR count). The van der Waals surface area contributed by atoms with Crippen molar-refractivity contribution < 1.29 is 9.84 Å². The van der Waals surface area contributed by atoms with E-state index < -0.39 is 6.10 Å². The number of aliphatic hydroxyl groups is 1. The third kappa shape index (κ3) is 3.84. The van der Waals surface area contributed by atoms with Crippen LogP contribution in [0, 0.1) is 0 Å². The summed E-state index contributed by atoms with van der Waals surface area (Å²) < 4.78 is 5.80. The van der Waals surface area contributed by atoms with Gasteiger partial charge in [-0.15, -0.1) is 0 Å². The smallest absolute Gasteiger partial charge is 0.127 e. The number of hydrogen-bond donors (Lipinski definition) is 1. The Hall–Kier alpha value is -1.80. The summed E-state index contributed by atoms with van der Waals surface area (Å²) in [6.07, 6.45) is 2.59. The quantitative estimate of drug-likeness (QED) is 0.811. The lowest BCUT2D eigenvalue weighted by Gasteiger charge is -2.10. The standard InChI is InChI=1S/C18H22O2/c1-3-5-14-6-10-16(11-7-14)20-17-12-8-15(9-13-17)18(19)4-2/h6-13,18-19H,3-5H2,1-2H3/t18-/m1/s1. The number of benzene rings is 2. The van der Waals surface area contributed by atoms with E-state index in [0.29, 0.717) is 0 Å². The zero-order chi connectivity index (χ0) is 14.4. The lowest BCUT2D eigenvalue weighted by atomic mass is 10.1. The van der Waals surface area contributed by atoms with Crippen LogP contribution in [0.25, 0.3) is 0 Å². The Morgan fingerprint density at radius 1 is 0.900 bits per heavy atom. The number of ether oxygens (including phenoxy) is 1. The fourth-order valence-electron chi connectivity index (χ4n) is 2.14. The molecule has 0 bridgehead atoms. The molecule has 0 fully saturated rings. The summed E-state index contributed by atoms with van der Waals surface area (Å²) in [6.45, 7) is 4.14. The van der Waals surface area contributed by atoms with Gasteiger partial charge in [0.2, 0.25) is 0 Å². The first-order valence-corrected chi connectivity index (χ1v) is 7.27. The van der Waals surface area contributed by atoms with Gasteiger partial charge in [-0.3, -0.25) is 0 Å². The Balaban J connectivity index is 2.02. The van der Waals surface area contributed by atoms with Gasteiger partial charge in [0.15, 0.2) is 0 Å². The largest absolute Gasteiger partial charge is 0.457 e. The van der Waals surface area contributed by atoms with Crippen molar-refractivity contribution in [2.45, 2.75) is 39.2 Å². The number of aryl methyl sites for hydroxylation is 1. The molecule has 0 aliphatic carbocycles. The molecular formula is C18H22O2. The van der Waals surface area contributed by atoms with Crippen LogP contribution in [0.1, 0.15) is 43.9 Å². The summed E-state index contributed by atoms with van der Waals surface area (Å²) in [5, 5.41) is 9.75. The van der Waals surface area contributed by atoms with Gasteiger partial charge < -0.3 is 9.84 Å². The van der Waals surface area contributed by atoms with Crippen LogP contribution >= 0.6 is 0 Å². The van der Waals surface area contributed by atoms with Crippen LogP contribution in [0.5, 0.6) is 11.5 Å². The maximum atomic E-state index is 9.75. The average molecular weight is 270 g/mol. The van der Waals surface area contributed by atoms with Crippen LogP contribution in [-0.2, 0) is 6.42 Å². The van der Waals surface area contributed by atoms with E-state index in [-0.39, 0.29) is 0 Å². The second kappa shape index (κ2) is 7.11. The molecule has 1 atom stereocenters. The summed E-state index contributed by atoms with van der Waals surface area (Å²) >= 11 is 0. The minimum atomic E-state index is -0.391. The van der Waals surface area contributed by atoms with Gasteiger partial charge in [-0.2, -0.15) is 0 Å². The zero-order valence-corrected chi connectivity index (χ0v) is 12.2.